The molecular weight excluding hydrogens is 350 g/mol. The Kier molecular flexibility index (Phi) is 5.70. The van der Waals surface area contributed by atoms with Crippen LogP contribution in [0.15, 0.2) is 59.5 Å². The predicted molar refractivity (Wildman–Crippen MR) is 101 cm³/mol. The van der Waals surface area contributed by atoms with Gasteiger partial charge in [0, 0.05) is 31.9 Å². The van der Waals surface area contributed by atoms with Gasteiger partial charge in [0.1, 0.15) is 0 Å². The van der Waals surface area contributed by atoms with Crippen molar-refractivity contribution in [1.82, 2.24) is 9.21 Å². The monoisotopic (exact) mass is 373 g/mol. The molecule has 0 aromatic heterocycles. The van der Waals surface area contributed by atoms with Crippen LogP contribution in [0.2, 0.25) is 0 Å². The first kappa shape index (κ1) is 18.6. The Morgan fingerprint density at radius 3 is 2.19 bits per heavy atom. The second kappa shape index (κ2) is 7.99. The smallest absolute Gasteiger partial charge is 0.243 e. The number of nitrogens with one attached hydrogen (secondary N) is 1. The van der Waals surface area contributed by atoms with Crippen LogP contribution in [-0.2, 0) is 14.8 Å². The van der Waals surface area contributed by atoms with Gasteiger partial charge in [0.2, 0.25) is 15.9 Å². The normalized spacial score (nSPS) is 16.3. The van der Waals surface area contributed by atoms with Gasteiger partial charge < -0.3 is 5.32 Å². The summed E-state index contributed by atoms with van der Waals surface area (Å²) >= 11 is 0. The van der Waals surface area contributed by atoms with Crippen molar-refractivity contribution >= 4 is 21.6 Å². The van der Waals surface area contributed by atoms with E-state index < -0.39 is 10.0 Å². The Balaban J connectivity index is 1.52. The average molecular weight is 373 g/mol. The Bertz CT molecular complexity index is 843. The highest BCUT2D eigenvalue weighted by molar-refractivity contribution is 7.89. The van der Waals surface area contributed by atoms with Crippen LogP contribution in [0.1, 0.15) is 5.56 Å². The van der Waals surface area contributed by atoms with Crippen molar-refractivity contribution in [2.45, 2.75) is 11.8 Å². The first-order valence-corrected chi connectivity index (χ1v) is 10.0. The van der Waals surface area contributed by atoms with Crippen LogP contribution < -0.4 is 5.32 Å². The fourth-order valence-corrected chi connectivity index (χ4v) is 4.35. The van der Waals surface area contributed by atoms with Crippen LogP contribution in [0.4, 0.5) is 5.69 Å². The lowest BCUT2D eigenvalue weighted by Crippen LogP contribution is -2.50. The van der Waals surface area contributed by atoms with Crippen molar-refractivity contribution in [2.24, 2.45) is 0 Å². The molecule has 0 aliphatic carbocycles. The number of sulfonamides is 1. The maximum Gasteiger partial charge on any atom is 0.243 e. The number of nitrogens with zero attached hydrogens (tertiary/aromatic N) is 2. The molecule has 1 aliphatic heterocycles. The minimum atomic E-state index is -3.46. The van der Waals surface area contributed by atoms with Gasteiger partial charge in [-0.1, -0.05) is 35.9 Å². The van der Waals surface area contributed by atoms with Gasteiger partial charge >= 0.3 is 0 Å². The van der Waals surface area contributed by atoms with Gasteiger partial charge in [-0.2, -0.15) is 4.31 Å². The van der Waals surface area contributed by atoms with Gasteiger partial charge in [-0.3, -0.25) is 9.69 Å². The second-order valence-electron chi connectivity index (χ2n) is 6.41. The van der Waals surface area contributed by atoms with Crippen molar-refractivity contribution in [3.63, 3.8) is 0 Å². The molecule has 0 bridgehead atoms. The van der Waals surface area contributed by atoms with Crippen LogP contribution in [0.3, 0.4) is 0 Å². The molecule has 1 aliphatic rings. The summed E-state index contributed by atoms with van der Waals surface area (Å²) in [6.45, 7) is 4.09. The first-order valence-electron chi connectivity index (χ1n) is 8.59. The van der Waals surface area contributed by atoms with Gasteiger partial charge in [0.25, 0.3) is 0 Å². The molecule has 26 heavy (non-hydrogen) atoms. The van der Waals surface area contributed by atoms with Crippen molar-refractivity contribution in [3.05, 3.63) is 60.2 Å². The molecule has 138 valence electrons. The summed E-state index contributed by atoms with van der Waals surface area (Å²) in [7, 11) is -3.46. The molecule has 6 nitrogen and oxygen atoms in total. The van der Waals surface area contributed by atoms with Gasteiger partial charge in [-0.15, -0.1) is 0 Å². The maximum atomic E-state index is 12.6. The van der Waals surface area contributed by atoms with Crippen molar-refractivity contribution in [3.8, 4) is 0 Å². The zero-order valence-corrected chi connectivity index (χ0v) is 15.6. The molecule has 0 saturated carbocycles. The number of carbonyl (C=O) groups is 1. The number of hydrogen-bond acceptors (Lipinski definition) is 4. The van der Waals surface area contributed by atoms with Gasteiger partial charge in [0.15, 0.2) is 0 Å². The summed E-state index contributed by atoms with van der Waals surface area (Å²) in [6.07, 6.45) is 0. The maximum absolute atomic E-state index is 12.6. The molecule has 1 N–H and O–H groups in total. The van der Waals surface area contributed by atoms with Gasteiger partial charge in [0.05, 0.1) is 11.4 Å². The molecule has 1 saturated heterocycles. The predicted octanol–water partition coefficient (Wildman–Crippen LogP) is 1.94. The molecule has 0 radical (unpaired) electrons. The van der Waals surface area contributed by atoms with E-state index in [4.69, 9.17) is 0 Å². The number of piperazine rings is 1. The van der Waals surface area contributed by atoms with E-state index in [1.165, 1.54) is 4.31 Å². The van der Waals surface area contributed by atoms with Crippen LogP contribution in [0.5, 0.6) is 0 Å². The molecule has 2 aromatic carbocycles. The number of benzene rings is 2. The number of rotatable bonds is 5. The van der Waals surface area contributed by atoms with E-state index in [1.54, 1.807) is 30.3 Å². The number of carbonyl (C=O) groups excluding carboxylic acids is 1. The SMILES string of the molecule is Cc1ccc(NC(=O)CN2CCN(S(=O)(=O)c3ccccc3)CC2)cc1. The molecule has 2 aromatic rings. The number of aryl methyl sites for hydroxylation is 1. The van der Waals surface area contributed by atoms with Crippen molar-refractivity contribution < 1.29 is 13.2 Å². The molecule has 1 heterocycles. The second-order valence-corrected chi connectivity index (χ2v) is 8.35. The summed E-state index contributed by atoms with van der Waals surface area (Å²) in [4.78, 5) is 14.5. The third kappa shape index (κ3) is 4.49. The topological polar surface area (TPSA) is 69.7 Å². The molecule has 0 atom stereocenters. The highest BCUT2D eigenvalue weighted by atomic mass is 32.2. The van der Waals surface area contributed by atoms with E-state index >= 15 is 0 Å². The minimum Gasteiger partial charge on any atom is -0.325 e. The highest BCUT2D eigenvalue weighted by Crippen LogP contribution is 2.17. The van der Waals surface area contributed by atoms with E-state index in [1.807, 2.05) is 36.1 Å². The summed E-state index contributed by atoms with van der Waals surface area (Å²) in [5.41, 5.74) is 1.91. The van der Waals surface area contributed by atoms with E-state index in [9.17, 15) is 13.2 Å². The van der Waals surface area contributed by atoms with Gasteiger partial charge in [-0.25, -0.2) is 8.42 Å². The molecule has 1 fully saturated rings. The molecule has 7 heteroatoms. The first-order chi connectivity index (χ1) is 12.4. The van der Waals surface area contributed by atoms with Crippen LogP contribution >= 0.6 is 0 Å². The lowest BCUT2D eigenvalue weighted by atomic mass is 10.2. The Hall–Kier alpha value is -2.22. The molecule has 1 amide bonds. The van der Waals surface area contributed by atoms with E-state index in [-0.39, 0.29) is 12.5 Å². The standard InChI is InChI=1S/C19H23N3O3S/c1-16-7-9-17(10-8-16)20-19(23)15-21-11-13-22(14-12-21)26(24,25)18-5-3-2-4-6-18/h2-10H,11-15H2,1H3,(H,20,23). The Labute approximate surface area is 154 Å². The quantitative estimate of drug-likeness (QED) is 0.870. The molecule has 3 rings (SSSR count). The number of hydrogen-bond donors (Lipinski definition) is 1. The molecule has 0 spiro atoms. The van der Waals surface area contributed by atoms with Crippen molar-refractivity contribution in [1.29, 1.82) is 0 Å². The summed E-state index contributed by atoms with van der Waals surface area (Å²) in [5.74, 6) is -0.0896. The largest absolute Gasteiger partial charge is 0.325 e. The van der Waals surface area contributed by atoms with Crippen LogP contribution in [0.25, 0.3) is 0 Å². The zero-order valence-electron chi connectivity index (χ0n) is 14.8. The van der Waals surface area contributed by atoms with E-state index in [0.29, 0.717) is 31.1 Å². The van der Waals surface area contributed by atoms with Crippen LogP contribution in [0, 0.1) is 6.92 Å². The van der Waals surface area contributed by atoms with Crippen molar-refractivity contribution in [2.75, 3.05) is 38.0 Å². The number of amides is 1. The lowest BCUT2D eigenvalue weighted by molar-refractivity contribution is -0.117. The average Bonchev–Trinajstić information content (AvgIpc) is 2.65. The van der Waals surface area contributed by atoms with Crippen LogP contribution in [-0.4, -0.2) is 56.3 Å². The lowest BCUT2D eigenvalue weighted by Gasteiger charge is -2.33. The summed E-state index contributed by atoms with van der Waals surface area (Å²) < 4.78 is 26.7. The summed E-state index contributed by atoms with van der Waals surface area (Å²) in [6, 6.07) is 16.1. The number of anilines is 1. The zero-order chi connectivity index (χ0) is 18.6. The Morgan fingerprint density at radius 2 is 1.58 bits per heavy atom. The van der Waals surface area contributed by atoms with Gasteiger partial charge in [-0.05, 0) is 31.2 Å². The fourth-order valence-electron chi connectivity index (χ4n) is 2.91. The molecule has 0 unspecified atom stereocenters. The van der Waals surface area contributed by atoms with E-state index in [2.05, 4.69) is 5.32 Å². The third-order valence-electron chi connectivity index (χ3n) is 4.41. The molecular formula is C19H23N3O3S. The minimum absolute atomic E-state index is 0.0896. The summed E-state index contributed by atoms with van der Waals surface area (Å²) in [5, 5.41) is 2.87. The third-order valence-corrected chi connectivity index (χ3v) is 6.33. The highest BCUT2D eigenvalue weighted by Gasteiger charge is 2.28. The van der Waals surface area contributed by atoms with E-state index in [0.717, 1.165) is 11.3 Å². The Morgan fingerprint density at radius 1 is 0.962 bits per heavy atom. The fraction of sp³-hybridized carbons (Fsp3) is 0.316.